The van der Waals surface area contributed by atoms with Crippen molar-refractivity contribution in [3.8, 4) is 0 Å². The predicted octanol–water partition coefficient (Wildman–Crippen LogP) is 4.04. The highest BCUT2D eigenvalue weighted by atomic mass is 79.9. The van der Waals surface area contributed by atoms with Crippen LogP contribution < -0.4 is 10.6 Å². The van der Waals surface area contributed by atoms with Crippen molar-refractivity contribution in [1.29, 1.82) is 0 Å². The van der Waals surface area contributed by atoms with E-state index in [1.807, 2.05) is 32.9 Å². The van der Waals surface area contributed by atoms with Gasteiger partial charge in [-0.05, 0) is 48.8 Å². The molecule has 2 N–H and O–H groups in total. The molecule has 0 radical (unpaired) electrons. The molecule has 6 heteroatoms. The van der Waals surface area contributed by atoms with Gasteiger partial charge in [-0.25, -0.2) is 4.79 Å². The van der Waals surface area contributed by atoms with Gasteiger partial charge in [0.05, 0.1) is 15.2 Å². The van der Waals surface area contributed by atoms with Gasteiger partial charge in [-0.1, -0.05) is 17.7 Å². The Hall–Kier alpha value is -0.940. The second kappa shape index (κ2) is 7.01. The average Bonchev–Trinajstić information content (AvgIpc) is 2.27. The number of rotatable bonds is 4. The van der Waals surface area contributed by atoms with Crippen molar-refractivity contribution in [3.63, 3.8) is 0 Å². The Kier molecular flexibility index (Phi) is 5.94. The number of halogens is 2. The first-order chi connectivity index (χ1) is 8.79. The van der Waals surface area contributed by atoms with Gasteiger partial charge in [0.15, 0.2) is 0 Å². The quantitative estimate of drug-likeness (QED) is 0.807. The molecule has 0 aliphatic heterocycles. The molecule has 1 rings (SSSR count). The number of amides is 1. The molecule has 0 aromatic heterocycles. The first-order valence-electron chi connectivity index (χ1n) is 5.94. The SMILES string of the molecule is CC(C)(C)OC(=O)NCCNc1cccc(Cl)c1Br. The number of ether oxygens (including phenoxy) is 1. The highest BCUT2D eigenvalue weighted by molar-refractivity contribution is 9.10. The summed E-state index contributed by atoms with van der Waals surface area (Å²) in [6.07, 6.45) is -0.417. The molecule has 0 aliphatic carbocycles. The Balaban J connectivity index is 2.32. The maximum atomic E-state index is 11.4. The zero-order valence-corrected chi connectivity index (χ0v) is 13.6. The van der Waals surface area contributed by atoms with E-state index in [4.69, 9.17) is 16.3 Å². The number of carbonyl (C=O) groups is 1. The van der Waals surface area contributed by atoms with Crippen LogP contribution in [0.15, 0.2) is 22.7 Å². The van der Waals surface area contributed by atoms with E-state index in [9.17, 15) is 4.79 Å². The fourth-order valence-corrected chi connectivity index (χ4v) is 1.90. The summed E-state index contributed by atoms with van der Waals surface area (Å²) in [5.41, 5.74) is 0.409. The van der Waals surface area contributed by atoms with Crippen LogP contribution in [0.5, 0.6) is 0 Å². The molecule has 0 saturated heterocycles. The third kappa shape index (κ3) is 6.16. The molecule has 19 heavy (non-hydrogen) atoms. The molecule has 0 aliphatic rings. The minimum atomic E-state index is -0.479. The van der Waals surface area contributed by atoms with E-state index >= 15 is 0 Å². The largest absolute Gasteiger partial charge is 0.444 e. The predicted molar refractivity (Wildman–Crippen MR) is 81.9 cm³/mol. The summed E-state index contributed by atoms with van der Waals surface area (Å²) in [6.45, 7) is 6.53. The van der Waals surface area contributed by atoms with Crippen LogP contribution in [-0.4, -0.2) is 24.8 Å². The lowest BCUT2D eigenvalue weighted by molar-refractivity contribution is 0.0530. The molecule has 1 aromatic rings. The monoisotopic (exact) mass is 348 g/mol. The molecule has 106 valence electrons. The molecule has 0 atom stereocenters. The van der Waals surface area contributed by atoms with Crippen molar-refractivity contribution in [2.75, 3.05) is 18.4 Å². The smallest absolute Gasteiger partial charge is 0.407 e. The Morgan fingerprint density at radius 1 is 1.37 bits per heavy atom. The van der Waals surface area contributed by atoms with E-state index in [0.29, 0.717) is 18.1 Å². The number of anilines is 1. The fourth-order valence-electron chi connectivity index (χ4n) is 1.32. The second-order valence-electron chi connectivity index (χ2n) is 4.96. The van der Waals surface area contributed by atoms with Crippen molar-refractivity contribution in [2.45, 2.75) is 26.4 Å². The van der Waals surface area contributed by atoms with Gasteiger partial charge < -0.3 is 15.4 Å². The fraction of sp³-hybridized carbons (Fsp3) is 0.462. The summed E-state index contributed by atoms with van der Waals surface area (Å²) in [5.74, 6) is 0. The number of hydrogen-bond acceptors (Lipinski definition) is 3. The lowest BCUT2D eigenvalue weighted by Crippen LogP contribution is -2.35. The molecule has 0 unspecified atom stereocenters. The Labute approximate surface area is 127 Å². The van der Waals surface area contributed by atoms with E-state index in [-0.39, 0.29) is 0 Å². The van der Waals surface area contributed by atoms with E-state index < -0.39 is 11.7 Å². The average molecular weight is 350 g/mol. The van der Waals surface area contributed by atoms with E-state index in [0.717, 1.165) is 10.2 Å². The third-order valence-electron chi connectivity index (χ3n) is 2.06. The minimum absolute atomic E-state index is 0.417. The lowest BCUT2D eigenvalue weighted by atomic mass is 10.2. The highest BCUT2D eigenvalue weighted by Crippen LogP contribution is 2.29. The molecule has 0 fully saturated rings. The molecule has 1 amide bonds. The third-order valence-corrected chi connectivity index (χ3v) is 3.46. The molecule has 4 nitrogen and oxygen atoms in total. The first-order valence-corrected chi connectivity index (χ1v) is 7.11. The van der Waals surface area contributed by atoms with Crippen molar-refractivity contribution >= 4 is 39.3 Å². The van der Waals surface area contributed by atoms with Crippen LogP contribution in [0.1, 0.15) is 20.8 Å². The summed E-state index contributed by atoms with van der Waals surface area (Å²) in [4.78, 5) is 11.4. The topological polar surface area (TPSA) is 50.4 Å². The van der Waals surface area contributed by atoms with Gasteiger partial charge in [-0.3, -0.25) is 0 Å². The number of benzene rings is 1. The maximum absolute atomic E-state index is 11.4. The van der Waals surface area contributed by atoms with Gasteiger partial charge in [0.2, 0.25) is 0 Å². The number of carbonyl (C=O) groups excluding carboxylic acids is 1. The summed E-state index contributed by atoms with van der Waals surface area (Å²) < 4.78 is 5.94. The van der Waals surface area contributed by atoms with Gasteiger partial charge in [0, 0.05) is 13.1 Å². The zero-order chi connectivity index (χ0) is 14.5. The van der Waals surface area contributed by atoms with E-state index in [1.165, 1.54) is 0 Å². The minimum Gasteiger partial charge on any atom is -0.444 e. The molecular weight excluding hydrogens is 332 g/mol. The maximum Gasteiger partial charge on any atom is 0.407 e. The van der Waals surface area contributed by atoms with Crippen molar-refractivity contribution in [3.05, 3.63) is 27.7 Å². The van der Waals surface area contributed by atoms with Crippen LogP contribution in [0.2, 0.25) is 5.02 Å². The molecule has 0 saturated carbocycles. The molecule has 0 bridgehead atoms. The molecule has 0 spiro atoms. The van der Waals surface area contributed by atoms with Gasteiger partial charge in [0.1, 0.15) is 5.60 Å². The number of nitrogens with one attached hydrogen (secondary N) is 2. The number of hydrogen-bond donors (Lipinski definition) is 2. The summed E-state index contributed by atoms with van der Waals surface area (Å²) in [5, 5.41) is 6.49. The Morgan fingerprint density at radius 3 is 2.68 bits per heavy atom. The lowest BCUT2D eigenvalue weighted by Gasteiger charge is -2.19. The van der Waals surface area contributed by atoms with Crippen LogP contribution in [0, 0.1) is 0 Å². The van der Waals surface area contributed by atoms with Crippen LogP contribution in [0.3, 0.4) is 0 Å². The van der Waals surface area contributed by atoms with Gasteiger partial charge >= 0.3 is 6.09 Å². The molecular formula is C13H18BrClN2O2. The van der Waals surface area contributed by atoms with Crippen molar-refractivity contribution < 1.29 is 9.53 Å². The number of alkyl carbamates (subject to hydrolysis) is 1. The highest BCUT2D eigenvalue weighted by Gasteiger charge is 2.15. The Bertz CT molecular complexity index is 447. The van der Waals surface area contributed by atoms with Gasteiger partial charge in [0.25, 0.3) is 0 Å². The van der Waals surface area contributed by atoms with E-state index in [2.05, 4.69) is 26.6 Å². The van der Waals surface area contributed by atoms with Crippen LogP contribution >= 0.6 is 27.5 Å². The molecule has 1 aromatic carbocycles. The Morgan fingerprint density at radius 2 is 2.05 bits per heavy atom. The van der Waals surface area contributed by atoms with Crippen LogP contribution in [0.25, 0.3) is 0 Å². The summed E-state index contributed by atoms with van der Waals surface area (Å²) in [7, 11) is 0. The van der Waals surface area contributed by atoms with Crippen LogP contribution in [-0.2, 0) is 4.74 Å². The van der Waals surface area contributed by atoms with E-state index in [1.54, 1.807) is 6.07 Å². The van der Waals surface area contributed by atoms with Gasteiger partial charge in [-0.15, -0.1) is 0 Å². The van der Waals surface area contributed by atoms with Crippen LogP contribution in [0.4, 0.5) is 10.5 Å². The van der Waals surface area contributed by atoms with Gasteiger partial charge in [-0.2, -0.15) is 0 Å². The summed E-state index contributed by atoms with van der Waals surface area (Å²) in [6, 6.07) is 5.57. The normalized spacial score (nSPS) is 11.0. The molecule has 0 heterocycles. The van der Waals surface area contributed by atoms with Crippen molar-refractivity contribution in [2.24, 2.45) is 0 Å². The zero-order valence-electron chi connectivity index (χ0n) is 11.2. The standard InChI is InChI=1S/C13H18BrClN2O2/c1-13(2,3)19-12(18)17-8-7-16-10-6-4-5-9(15)11(10)14/h4-6,16H,7-8H2,1-3H3,(H,17,18). The summed E-state index contributed by atoms with van der Waals surface area (Å²) >= 11 is 9.37. The second-order valence-corrected chi connectivity index (χ2v) is 6.16. The first kappa shape index (κ1) is 16.1. The van der Waals surface area contributed by atoms with Crippen molar-refractivity contribution in [1.82, 2.24) is 5.32 Å².